The van der Waals surface area contributed by atoms with Gasteiger partial charge in [-0.25, -0.2) is 4.79 Å². The lowest BCUT2D eigenvalue weighted by molar-refractivity contribution is -0.139. The molecule has 0 saturated carbocycles. The van der Waals surface area contributed by atoms with E-state index in [0.29, 0.717) is 44.2 Å². The highest BCUT2D eigenvalue weighted by molar-refractivity contribution is 6.30. The summed E-state index contributed by atoms with van der Waals surface area (Å²) >= 11 is 6.00. The Morgan fingerprint density at radius 3 is 2.89 bits per heavy atom. The number of carbonyl (C=O) groups is 2. The van der Waals surface area contributed by atoms with E-state index in [1.54, 1.807) is 0 Å². The van der Waals surface area contributed by atoms with Gasteiger partial charge in [-0.15, -0.1) is 0 Å². The second kappa shape index (κ2) is 8.17. The predicted molar refractivity (Wildman–Crippen MR) is 101 cm³/mol. The second-order valence-corrected chi connectivity index (χ2v) is 8.10. The standard InChI is InChI=1S/C20H25ClN2O4/c21-16-3-1-2-14(8-16)12-26-18-4-6-23(11-18)20(25)22-7-5-19-15(10-22)9-17(24)13-27-19/h1-3,8,15,18-19H,4-7,9-13H2/t15-,18?,19+/m1/s1. The number of ether oxygens (including phenoxy) is 2. The van der Waals surface area contributed by atoms with Gasteiger partial charge in [-0.2, -0.15) is 0 Å². The molecule has 0 N–H and O–H groups in total. The van der Waals surface area contributed by atoms with Gasteiger partial charge in [0.2, 0.25) is 0 Å². The van der Waals surface area contributed by atoms with Crippen molar-refractivity contribution >= 4 is 23.4 Å². The Balaban J connectivity index is 1.27. The van der Waals surface area contributed by atoms with Gasteiger partial charge in [-0.3, -0.25) is 4.79 Å². The Morgan fingerprint density at radius 2 is 2.04 bits per heavy atom. The molecule has 0 aromatic heterocycles. The number of rotatable bonds is 3. The minimum Gasteiger partial charge on any atom is -0.372 e. The number of hydrogen-bond acceptors (Lipinski definition) is 4. The van der Waals surface area contributed by atoms with Crippen LogP contribution in [-0.2, 0) is 20.9 Å². The maximum Gasteiger partial charge on any atom is 0.320 e. The normalized spacial score (nSPS) is 28.3. The van der Waals surface area contributed by atoms with Gasteiger partial charge < -0.3 is 19.3 Å². The second-order valence-electron chi connectivity index (χ2n) is 7.67. The first-order valence-electron chi connectivity index (χ1n) is 9.61. The molecular weight excluding hydrogens is 368 g/mol. The predicted octanol–water partition coefficient (Wildman–Crippen LogP) is 2.73. The van der Waals surface area contributed by atoms with E-state index in [1.165, 1.54) is 0 Å². The maximum absolute atomic E-state index is 12.9. The quantitative estimate of drug-likeness (QED) is 0.793. The third-order valence-electron chi connectivity index (χ3n) is 5.67. The van der Waals surface area contributed by atoms with Gasteiger partial charge >= 0.3 is 6.03 Å². The molecule has 0 radical (unpaired) electrons. The molecule has 3 atom stereocenters. The highest BCUT2D eigenvalue weighted by Crippen LogP contribution is 2.28. The Labute approximate surface area is 164 Å². The van der Waals surface area contributed by atoms with Crippen LogP contribution in [0.2, 0.25) is 5.02 Å². The molecule has 0 aliphatic carbocycles. The van der Waals surface area contributed by atoms with Crippen LogP contribution in [0.4, 0.5) is 4.79 Å². The van der Waals surface area contributed by atoms with Crippen molar-refractivity contribution in [3.63, 3.8) is 0 Å². The molecule has 27 heavy (non-hydrogen) atoms. The van der Waals surface area contributed by atoms with Gasteiger partial charge in [0.15, 0.2) is 5.78 Å². The lowest BCUT2D eigenvalue weighted by Gasteiger charge is -2.41. The van der Waals surface area contributed by atoms with Crippen LogP contribution in [0.5, 0.6) is 0 Å². The number of halogens is 1. The van der Waals surface area contributed by atoms with Crippen LogP contribution >= 0.6 is 11.6 Å². The largest absolute Gasteiger partial charge is 0.372 e. The van der Waals surface area contributed by atoms with Crippen molar-refractivity contribution in [1.29, 1.82) is 0 Å². The van der Waals surface area contributed by atoms with Crippen LogP contribution in [0.3, 0.4) is 0 Å². The number of piperidine rings is 1. The van der Waals surface area contributed by atoms with Crippen molar-refractivity contribution in [2.24, 2.45) is 5.92 Å². The molecular formula is C20H25ClN2O4. The zero-order chi connectivity index (χ0) is 18.8. The van der Waals surface area contributed by atoms with Crippen LogP contribution in [0.1, 0.15) is 24.8 Å². The Morgan fingerprint density at radius 1 is 1.22 bits per heavy atom. The first-order valence-corrected chi connectivity index (χ1v) is 9.99. The van der Waals surface area contributed by atoms with Crippen molar-refractivity contribution in [3.05, 3.63) is 34.9 Å². The molecule has 7 heteroatoms. The number of nitrogens with zero attached hydrogens (tertiary/aromatic N) is 2. The molecule has 0 spiro atoms. The fraction of sp³-hybridized carbons (Fsp3) is 0.600. The topological polar surface area (TPSA) is 59.1 Å². The Hall–Kier alpha value is -1.63. The average molecular weight is 393 g/mol. The summed E-state index contributed by atoms with van der Waals surface area (Å²) in [5.74, 6) is 0.280. The maximum atomic E-state index is 12.9. The van der Waals surface area contributed by atoms with Crippen LogP contribution in [-0.4, -0.2) is 66.6 Å². The van der Waals surface area contributed by atoms with Gasteiger partial charge in [0.1, 0.15) is 6.61 Å². The summed E-state index contributed by atoms with van der Waals surface area (Å²) in [6, 6.07) is 7.70. The van der Waals surface area contributed by atoms with Crippen molar-refractivity contribution in [3.8, 4) is 0 Å². The summed E-state index contributed by atoms with van der Waals surface area (Å²) in [6.45, 7) is 3.35. The van der Waals surface area contributed by atoms with Crippen molar-refractivity contribution in [2.75, 3.05) is 32.8 Å². The Kier molecular flexibility index (Phi) is 5.66. The molecule has 3 aliphatic heterocycles. The van der Waals surface area contributed by atoms with Crippen LogP contribution < -0.4 is 0 Å². The lowest BCUT2D eigenvalue weighted by atomic mass is 9.88. The molecule has 3 aliphatic rings. The van der Waals surface area contributed by atoms with Gasteiger partial charge in [-0.05, 0) is 30.5 Å². The highest BCUT2D eigenvalue weighted by Gasteiger charge is 2.38. The summed E-state index contributed by atoms with van der Waals surface area (Å²) in [5.41, 5.74) is 1.04. The third kappa shape index (κ3) is 4.45. The summed E-state index contributed by atoms with van der Waals surface area (Å²) in [5, 5.41) is 0.702. The van der Waals surface area contributed by atoms with E-state index in [-0.39, 0.29) is 36.5 Å². The molecule has 3 heterocycles. The zero-order valence-electron chi connectivity index (χ0n) is 15.3. The smallest absolute Gasteiger partial charge is 0.320 e. The number of Topliss-reactive ketones (excluding diaryl/α,β-unsaturated/α-hetero) is 1. The zero-order valence-corrected chi connectivity index (χ0v) is 16.1. The fourth-order valence-electron chi connectivity index (χ4n) is 4.23. The van der Waals surface area contributed by atoms with Crippen LogP contribution in [0.15, 0.2) is 24.3 Å². The molecule has 3 saturated heterocycles. The van der Waals surface area contributed by atoms with Crippen molar-refractivity contribution in [2.45, 2.75) is 38.1 Å². The van der Waals surface area contributed by atoms with E-state index in [2.05, 4.69) is 0 Å². The molecule has 1 aromatic rings. The van der Waals surface area contributed by atoms with E-state index in [1.807, 2.05) is 34.1 Å². The molecule has 0 bridgehead atoms. The Bertz CT molecular complexity index is 713. The first-order chi connectivity index (χ1) is 13.1. The van der Waals surface area contributed by atoms with Gasteiger partial charge in [0.25, 0.3) is 0 Å². The van der Waals surface area contributed by atoms with E-state index in [9.17, 15) is 9.59 Å². The monoisotopic (exact) mass is 392 g/mol. The highest BCUT2D eigenvalue weighted by atomic mass is 35.5. The minimum absolute atomic E-state index is 0.0464. The van der Waals surface area contributed by atoms with Crippen molar-refractivity contribution in [1.82, 2.24) is 9.80 Å². The summed E-state index contributed by atoms with van der Waals surface area (Å²) < 4.78 is 11.6. The van der Waals surface area contributed by atoms with E-state index in [0.717, 1.165) is 18.4 Å². The number of hydrogen-bond donors (Lipinski definition) is 0. The molecule has 1 aromatic carbocycles. The third-order valence-corrected chi connectivity index (χ3v) is 5.91. The van der Waals surface area contributed by atoms with Gasteiger partial charge in [-0.1, -0.05) is 23.7 Å². The number of urea groups is 1. The lowest BCUT2D eigenvalue weighted by Crippen LogP contribution is -2.53. The number of carbonyl (C=O) groups excluding carboxylic acids is 2. The molecule has 146 valence electrons. The summed E-state index contributed by atoms with van der Waals surface area (Å²) in [7, 11) is 0. The van der Waals surface area contributed by atoms with Gasteiger partial charge in [0.05, 0.1) is 18.8 Å². The minimum atomic E-state index is 0.0464. The van der Waals surface area contributed by atoms with E-state index >= 15 is 0 Å². The molecule has 1 unspecified atom stereocenters. The van der Waals surface area contributed by atoms with E-state index in [4.69, 9.17) is 21.1 Å². The summed E-state index contributed by atoms with van der Waals surface area (Å²) in [4.78, 5) is 28.3. The first kappa shape index (κ1) is 18.7. The number of fused-ring (bicyclic) bond motifs is 1. The van der Waals surface area contributed by atoms with Crippen LogP contribution in [0, 0.1) is 5.92 Å². The number of amides is 2. The number of benzene rings is 1. The van der Waals surface area contributed by atoms with Crippen molar-refractivity contribution < 1.29 is 19.1 Å². The molecule has 2 amide bonds. The van der Waals surface area contributed by atoms with Gasteiger partial charge in [0, 0.05) is 43.5 Å². The SMILES string of the molecule is O=C1CO[C@H]2CCN(C(=O)N3CCC(OCc4cccc(Cl)c4)C3)C[C@H]2C1. The summed E-state index contributed by atoms with van der Waals surface area (Å²) in [6.07, 6.45) is 2.35. The average Bonchev–Trinajstić information content (AvgIpc) is 3.14. The molecule has 4 rings (SSSR count). The van der Waals surface area contributed by atoms with E-state index < -0.39 is 0 Å². The fourth-order valence-corrected chi connectivity index (χ4v) is 4.44. The molecule has 6 nitrogen and oxygen atoms in total. The molecule has 3 fully saturated rings. The van der Waals surface area contributed by atoms with Crippen LogP contribution in [0.25, 0.3) is 0 Å². The number of likely N-dealkylation sites (tertiary alicyclic amines) is 2. The number of ketones is 1.